The molecule has 0 saturated carbocycles. The number of furan rings is 1. The van der Waals surface area contributed by atoms with Gasteiger partial charge in [0.1, 0.15) is 11.6 Å². The van der Waals surface area contributed by atoms with Crippen molar-refractivity contribution in [3.8, 4) is 0 Å². The van der Waals surface area contributed by atoms with Gasteiger partial charge in [0, 0.05) is 24.8 Å². The molecule has 21 heavy (non-hydrogen) atoms. The summed E-state index contributed by atoms with van der Waals surface area (Å²) in [5, 5.41) is 3.39. The summed E-state index contributed by atoms with van der Waals surface area (Å²) in [6.07, 6.45) is 1.79. The van der Waals surface area contributed by atoms with Gasteiger partial charge in [-0.2, -0.15) is 0 Å². The topological polar surface area (TPSA) is 28.4 Å². The van der Waals surface area contributed by atoms with Gasteiger partial charge in [-0.25, -0.2) is 4.39 Å². The molecule has 0 radical (unpaired) electrons. The lowest BCUT2D eigenvalue weighted by molar-refractivity contribution is 0.502. The molecule has 1 aromatic heterocycles. The molecule has 1 heterocycles. The molecule has 0 amide bonds. The second-order valence-electron chi connectivity index (χ2n) is 5.78. The summed E-state index contributed by atoms with van der Waals surface area (Å²) in [5.74, 6) is 1.33. The second kappa shape index (κ2) is 7.27. The van der Waals surface area contributed by atoms with E-state index in [1.165, 1.54) is 12.1 Å². The molecule has 0 fully saturated rings. The van der Waals surface area contributed by atoms with Crippen LogP contribution in [0.2, 0.25) is 0 Å². The summed E-state index contributed by atoms with van der Waals surface area (Å²) in [5.41, 5.74) is 2.12. The van der Waals surface area contributed by atoms with Crippen molar-refractivity contribution in [3.63, 3.8) is 0 Å². The van der Waals surface area contributed by atoms with Crippen LogP contribution in [0.3, 0.4) is 0 Å². The molecule has 0 aliphatic rings. The van der Waals surface area contributed by atoms with E-state index in [-0.39, 0.29) is 5.82 Å². The molecule has 1 aromatic carbocycles. The number of benzene rings is 1. The van der Waals surface area contributed by atoms with E-state index < -0.39 is 0 Å². The Morgan fingerprint density at radius 3 is 2.62 bits per heavy atom. The van der Waals surface area contributed by atoms with E-state index in [4.69, 9.17) is 4.42 Å². The van der Waals surface area contributed by atoms with Crippen LogP contribution in [0.15, 0.2) is 41.0 Å². The van der Waals surface area contributed by atoms with Crippen LogP contribution in [0.4, 0.5) is 10.1 Å². The average Bonchev–Trinajstić information content (AvgIpc) is 2.86. The van der Waals surface area contributed by atoms with Gasteiger partial charge in [-0.1, -0.05) is 13.8 Å². The number of halogens is 1. The maximum atomic E-state index is 12.9. The molecule has 0 bridgehead atoms. The monoisotopic (exact) mass is 290 g/mol. The number of hydrogen-bond acceptors (Lipinski definition) is 3. The van der Waals surface area contributed by atoms with E-state index in [1.807, 2.05) is 11.9 Å². The lowest BCUT2D eigenvalue weighted by atomic mass is 10.2. The standard InChI is InChI=1S/C17H23FN2O/c1-13(2)9-19-10-14-8-17(21-12-14)11-20(3)16-6-4-15(18)5-7-16/h4-8,12-13,19H,9-11H2,1-3H3. The average molecular weight is 290 g/mol. The molecule has 2 rings (SSSR count). The van der Waals surface area contributed by atoms with Crippen LogP contribution in [0.1, 0.15) is 25.2 Å². The Labute approximate surface area is 125 Å². The number of nitrogens with one attached hydrogen (secondary N) is 1. The van der Waals surface area contributed by atoms with Gasteiger partial charge in [-0.15, -0.1) is 0 Å². The van der Waals surface area contributed by atoms with E-state index in [2.05, 4.69) is 25.2 Å². The summed E-state index contributed by atoms with van der Waals surface area (Å²) < 4.78 is 18.5. The first-order valence-electron chi connectivity index (χ1n) is 7.28. The Morgan fingerprint density at radius 1 is 1.24 bits per heavy atom. The molecule has 3 nitrogen and oxygen atoms in total. The van der Waals surface area contributed by atoms with Crippen molar-refractivity contribution >= 4 is 5.69 Å². The summed E-state index contributed by atoms with van der Waals surface area (Å²) in [7, 11) is 1.96. The van der Waals surface area contributed by atoms with Gasteiger partial charge < -0.3 is 14.6 Å². The van der Waals surface area contributed by atoms with Gasteiger partial charge in [0.15, 0.2) is 0 Å². The highest BCUT2D eigenvalue weighted by Gasteiger charge is 2.07. The van der Waals surface area contributed by atoms with Gasteiger partial charge in [0.2, 0.25) is 0 Å². The summed E-state index contributed by atoms with van der Waals surface area (Å²) in [6, 6.07) is 8.53. The Bertz CT molecular complexity index is 548. The fourth-order valence-corrected chi connectivity index (χ4v) is 2.13. The molecule has 114 valence electrons. The van der Waals surface area contributed by atoms with E-state index in [1.54, 1.807) is 18.4 Å². The molecule has 0 spiro atoms. The van der Waals surface area contributed by atoms with Crippen LogP contribution in [0.5, 0.6) is 0 Å². The Hall–Kier alpha value is -1.81. The Kier molecular flexibility index (Phi) is 5.39. The molecule has 0 aliphatic heterocycles. The van der Waals surface area contributed by atoms with Gasteiger partial charge in [0.05, 0.1) is 12.8 Å². The van der Waals surface area contributed by atoms with E-state index >= 15 is 0 Å². The second-order valence-corrected chi connectivity index (χ2v) is 5.78. The summed E-state index contributed by atoms with van der Waals surface area (Å²) in [6.45, 7) is 6.85. The first-order valence-corrected chi connectivity index (χ1v) is 7.28. The predicted molar refractivity (Wildman–Crippen MR) is 83.8 cm³/mol. The zero-order chi connectivity index (χ0) is 15.2. The molecule has 4 heteroatoms. The van der Waals surface area contributed by atoms with E-state index in [0.29, 0.717) is 12.5 Å². The minimum atomic E-state index is -0.219. The fourth-order valence-electron chi connectivity index (χ4n) is 2.13. The number of nitrogens with zero attached hydrogens (tertiary/aromatic N) is 1. The lowest BCUT2D eigenvalue weighted by Gasteiger charge is -2.17. The highest BCUT2D eigenvalue weighted by molar-refractivity contribution is 5.45. The Balaban J connectivity index is 1.88. The third kappa shape index (κ3) is 4.90. The zero-order valence-corrected chi connectivity index (χ0v) is 12.9. The largest absolute Gasteiger partial charge is 0.467 e. The van der Waals surface area contributed by atoms with Gasteiger partial charge in [-0.3, -0.25) is 0 Å². The van der Waals surface area contributed by atoms with E-state index in [0.717, 1.165) is 30.1 Å². The van der Waals surface area contributed by atoms with Crippen LogP contribution in [-0.2, 0) is 13.1 Å². The first-order chi connectivity index (χ1) is 10.0. The summed E-state index contributed by atoms with van der Waals surface area (Å²) in [4.78, 5) is 2.03. The zero-order valence-electron chi connectivity index (χ0n) is 12.9. The minimum Gasteiger partial charge on any atom is -0.467 e. The molecule has 0 atom stereocenters. The van der Waals surface area contributed by atoms with Crippen LogP contribution < -0.4 is 10.2 Å². The van der Waals surface area contributed by atoms with Crippen molar-refractivity contribution in [3.05, 3.63) is 53.7 Å². The molecular formula is C17H23FN2O. The van der Waals surface area contributed by atoms with Crippen molar-refractivity contribution in [1.82, 2.24) is 5.32 Å². The van der Waals surface area contributed by atoms with Crippen LogP contribution in [-0.4, -0.2) is 13.6 Å². The number of rotatable bonds is 7. The van der Waals surface area contributed by atoms with Crippen molar-refractivity contribution < 1.29 is 8.81 Å². The van der Waals surface area contributed by atoms with Crippen molar-refractivity contribution in [2.75, 3.05) is 18.5 Å². The molecule has 0 aliphatic carbocycles. The van der Waals surface area contributed by atoms with E-state index in [9.17, 15) is 4.39 Å². The third-order valence-corrected chi connectivity index (χ3v) is 3.25. The van der Waals surface area contributed by atoms with Crippen molar-refractivity contribution in [2.24, 2.45) is 5.92 Å². The SMILES string of the molecule is CC(C)CNCc1coc(CN(C)c2ccc(F)cc2)c1. The maximum Gasteiger partial charge on any atom is 0.123 e. The number of hydrogen-bond donors (Lipinski definition) is 1. The van der Waals surface area contributed by atoms with Crippen LogP contribution in [0, 0.1) is 11.7 Å². The first kappa shape index (κ1) is 15.6. The predicted octanol–water partition coefficient (Wildman–Crippen LogP) is 3.80. The third-order valence-electron chi connectivity index (χ3n) is 3.25. The van der Waals surface area contributed by atoms with Gasteiger partial charge in [0.25, 0.3) is 0 Å². The van der Waals surface area contributed by atoms with Crippen molar-refractivity contribution in [2.45, 2.75) is 26.9 Å². The van der Waals surface area contributed by atoms with Gasteiger partial charge >= 0.3 is 0 Å². The smallest absolute Gasteiger partial charge is 0.123 e. The molecular weight excluding hydrogens is 267 g/mol. The fraction of sp³-hybridized carbons (Fsp3) is 0.412. The molecule has 1 N–H and O–H groups in total. The summed E-state index contributed by atoms with van der Waals surface area (Å²) >= 11 is 0. The Morgan fingerprint density at radius 2 is 1.95 bits per heavy atom. The van der Waals surface area contributed by atoms with Crippen LogP contribution >= 0.6 is 0 Å². The van der Waals surface area contributed by atoms with Gasteiger partial charge in [-0.05, 0) is 42.8 Å². The maximum absolute atomic E-state index is 12.9. The molecule has 0 unspecified atom stereocenters. The number of anilines is 1. The normalized spacial score (nSPS) is 11.1. The minimum absolute atomic E-state index is 0.219. The van der Waals surface area contributed by atoms with Crippen molar-refractivity contribution in [1.29, 1.82) is 0 Å². The lowest BCUT2D eigenvalue weighted by Crippen LogP contribution is -2.18. The molecule has 0 saturated heterocycles. The highest BCUT2D eigenvalue weighted by Crippen LogP contribution is 2.17. The molecule has 2 aromatic rings. The van der Waals surface area contributed by atoms with Crippen LogP contribution in [0.25, 0.3) is 0 Å². The highest BCUT2D eigenvalue weighted by atomic mass is 19.1. The quantitative estimate of drug-likeness (QED) is 0.840.